The zero-order chi connectivity index (χ0) is 23.3. The number of carbonyl (C=O) groups is 1. The average molecular weight is 468 g/mol. The number of thiazole rings is 1. The summed E-state index contributed by atoms with van der Waals surface area (Å²) in [5, 5.41) is 0. The molecule has 0 spiro atoms. The Bertz CT molecular complexity index is 1630. The molecule has 12 heteroatoms. The van der Waals surface area contributed by atoms with Gasteiger partial charge in [0.25, 0.3) is 11.5 Å². The number of allylic oxidation sites excluding steroid dienone is 1. The Labute approximate surface area is 190 Å². The maximum atomic E-state index is 12.9. The number of amides is 1. The van der Waals surface area contributed by atoms with Gasteiger partial charge in [0.05, 0.1) is 16.5 Å². The Balaban J connectivity index is 1.58. The van der Waals surface area contributed by atoms with Crippen LogP contribution in [-0.4, -0.2) is 42.4 Å². The van der Waals surface area contributed by atoms with E-state index < -0.39 is 17.2 Å². The highest BCUT2D eigenvalue weighted by molar-refractivity contribution is 7.16. The Kier molecular flexibility index (Phi) is 5.01. The number of aromatic nitrogens is 5. The van der Waals surface area contributed by atoms with E-state index in [-0.39, 0.29) is 17.7 Å². The number of nitrogens with zero attached hydrogens (tertiary/aromatic N) is 6. The Morgan fingerprint density at radius 1 is 1.21 bits per heavy atom. The maximum absolute atomic E-state index is 12.9. The summed E-state index contributed by atoms with van der Waals surface area (Å²) >= 11 is 1.35. The summed E-state index contributed by atoms with van der Waals surface area (Å²) < 4.78 is 17.8. The van der Waals surface area contributed by atoms with Crippen LogP contribution in [0.25, 0.3) is 21.4 Å². The van der Waals surface area contributed by atoms with Crippen molar-refractivity contribution in [2.24, 2.45) is 19.1 Å². The van der Waals surface area contributed by atoms with Crippen molar-refractivity contribution in [1.29, 1.82) is 0 Å². The Morgan fingerprint density at radius 2 is 1.94 bits per heavy atom. The average Bonchev–Trinajstić information content (AvgIpc) is 3.36. The molecule has 170 valence electrons. The first kappa shape index (κ1) is 20.9. The van der Waals surface area contributed by atoms with Gasteiger partial charge in [-0.25, -0.2) is 9.78 Å². The van der Waals surface area contributed by atoms with Crippen LogP contribution in [0, 0.1) is 0 Å². The zero-order valence-corrected chi connectivity index (χ0v) is 18.8. The van der Waals surface area contributed by atoms with Gasteiger partial charge in [-0.05, 0) is 0 Å². The van der Waals surface area contributed by atoms with E-state index in [1.54, 1.807) is 6.08 Å². The van der Waals surface area contributed by atoms with Crippen LogP contribution in [0.4, 0.5) is 0 Å². The summed E-state index contributed by atoms with van der Waals surface area (Å²) in [5.74, 6) is 0.838. The number of hydrogen-bond donors (Lipinski definition) is 0. The summed E-state index contributed by atoms with van der Waals surface area (Å²) in [5.41, 5.74) is 0.228. The first-order valence-electron chi connectivity index (χ1n) is 10.1. The molecule has 11 nitrogen and oxygen atoms in total. The van der Waals surface area contributed by atoms with Crippen molar-refractivity contribution < 1.29 is 14.3 Å². The van der Waals surface area contributed by atoms with Gasteiger partial charge in [-0.2, -0.15) is 4.99 Å². The fourth-order valence-corrected chi connectivity index (χ4v) is 4.87. The summed E-state index contributed by atoms with van der Waals surface area (Å²) in [4.78, 5) is 46.6. The molecule has 3 aromatic heterocycles. The van der Waals surface area contributed by atoms with E-state index in [9.17, 15) is 14.4 Å². The van der Waals surface area contributed by atoms with Crippen molar-refractivity contribution in [3.05, 3.63) is 56.8 Å². The lowest BCUT2D eigenvalue weighted by Crippen LogP contribution is -2.37. The maximum Gasteiger partial charge on any atom is 0.332 e. The van der Waals surface area contributed by atoms with Crippen molar-refractivity contribution in [2.75, 3.05) is 13.2 Å². The highest BCUT2D eigenvalue weighted by Gasteiger charge is 2.18. The summed E-state index contributed by atoms with van der Waals surface area (Å²) in [6.45, 7) is 5.01. The van der Waals surface area contributed by atoms with Crippen LogP contribution in [0.3, 0.4) is 0 Å². The van der Waals surface area contributed by atoms with Gasteiger partial charge in [0.1, 0.15) is 19.8 Å². The monoisotopic (exact) mass is 468 g/mol. The standard InChI is InChI=1S/C21H20N6O5S/c1-4-5-27-12-8-13-14(32-7-6-31-13)9-15(12)33-20(27)23-16(28)10-26-11-22-18-17(26)19(29)25(3)21(30)24(18)2/h4,8-9,11H,1,5-7,10H2,2-3H3. The summed E-state index contributed by atoms with van der Waals surface area (Å²) in [6, 6.07) is 3.76. The van der Waals surface area contributed by atoms with E-state index in [0.717, 1.165) is 14.8 Å². The number of rotatable bonds is 4. The molecule has 4 aromatic rings. The lowest BCUT2D eigenvalue weighted by Gasteiger charge is -2.18. The molecule has 0 N–H and O–H groups in total. The molecule has 0 fully saturated rings. The molecule has 0 unspecified atom stereocenters. The third-order valence-electron chi connectivity index (χ3n) is 5.40. The fourth-order valence-electron chi connectivity index (χ4n) is 3.80. The minimum atomic E-state index is -0.521. The van der Waals surface area contributed by atoms with E-state index in [1.165, 1.54) is 40.9 Å². The van der Waals surface area contributed by atoms with Gasteiger partial charge in [-0.3, -0.25) is 18.7 Å². The molecule has 0 saturated carbocycles. The minimum Gasteiger partial charge on any atom is -0.486 e. The predicted molar refractivity (Wildman–Crippen MR) is 122 cm³/mol. The van der Waals surface area contributed by atoms with Crippen LogP contribution in [0.15, 0.2) is 45.7 Å². The van der Waals surface area contributed by atoms with Gasteiger partial charge in [-0.15, -0.1) is 6.58 Å². The zero-order valence-electron chi connectivity index (χ0n) is 18.0. The van der Waals surface area contributed by atoms with Crippen molar-refractivity contribution >= 4 is 38.6 Å². The molecule has 0 bridgehead atoms. The quantitative estimate of drug-likeness (QED) is 0.404. The molecule has 0 aliphatic carbocycles. The van der Waals surface area contributed by atoms with Crippen molar-refractivity contribution in [3.8, 4) is 11.5 Å². The molecular weight excluding hydrogens is 448 g/mol. The van der Waals surface area contributed by atoms with Crippen molar-refractivity contribution in [1.82, 2.24) is 23.3 Å². The summed E-state index contributed by atoms with van der Waals surface area (Å²) in [6.07, 6.45) is 3.09. The number of imidazole rings is 1. The van der Waals surface area contributed by atoms with Crippen LogP contribution < -0.4 is 25.5 Å². The molecule has 33 heavy (non-hydrogen) atoms. The second-order valence-electron chi connectivity index (χ2n) is 7.50. The topological polar surface area (TPSA) is 115 Å². The number of fused-ring (bicyclic) bond motifs is 3. The fraction of sp³-hybridized carbons (Fsp3) is 0.286. The van der Waals surface area contributed by atoms with Gasteiger partial charge >= 0.3 is 5.69 Å². The number of ether oxygens (including phenoxy) is 2. The lowest BCUT2D eigenvalue weighted by molar-refractivity contribution is -0.118. The molecule has 1 aliphatic rings. The van der Waals surface area contributed by atoms with Gasteiger partial charge in [-0.1, -0.05) is 17.4 Å². The van der Waals surface area contributed by atoms with Gasteiger partial charge in [0.2, 0.25) is 0 Å². The molecule has 5 rings (SSSR count). The molecule has 1 amide bonds. The van der Waals surface area contributed by atoms with Crippen LogP contribution >= 0.6 is 11.3 Å². The van der Waals surface area contributed by atoms with Crippen LogP contribution in [-0.2, 0) is 32.0 Å². The van der Waals surface area contributed by atoms with Crippen LogP contribution in [0.1, 0.15) is 0 Å². The van der Waals surface area contributed by atoms with Crippen molar-refractivity contribution in [2.45, 2.75) is 13.1 Å². The predicted octanol–water partition coefficient (Wildman–Crippen LogP) is 0.535. The molecule has 1 aliphatic heterocycles. The van der Waals surface area contributed by atoms with Gasteiger partial charge in [0, 0.05) is 32.8 Å². The smallest absolute Gasteiger partial charge is 0.332 e. The van der Waals surface area contributed by atoms with E-state index in [0.29, 0.717) is 36.1 Å². The third-order valence-corrected chi connectivity index (χ3v) is 6.44. The Morgan fingerprint density at radius 3 is 2.67 bits per heavy atom. The van der Waals surface area contributed by atoms with E-state index >= 15 is 0 Å². The third kappa shape index (κ3) is 3.39. The molecule has 0 saturated heterocycles. The molecule has 4 heterocycles. The summed E-state index contributed by atoms with van der Waals surface area (Å²) in [7, 11) is 2.91. The van der Waals surface area contributed by atoms with Crippen LogP contribution in [0.2, 0.25) is 0 Å². The van der Waals surface area contributed by atoms with E-state index in [4.69, 9.17) is 9.47 Å². The lowest BCUT2D eigenvalue weighted by atomic mass is 10.2. The van der Waals surface area contributed by atoms with Crippen molar-refractivity contribution in [3.63, 3.8) is 0 Å². The Hall–Kier alpha value is -3.93. The molecule has 1 aromatic carbocycles. The van der Waals surface area contributed by atoms with E-state index in [1.807, 2.05) is 16.7 Å². The van der Waals surface area contributed by atoms with Crippen LogP contribution in [0.5, 0.6) is 11.5 Å². The second-order valence-corrected chi connectivity index (χ2v) is 8.51. The molecule has 0 radical (unpaired) electrons. The number of aryl methyl sites for hydroxylation is 1. The molecule has 0 atom stereocenters. The van der Waals surface area contributed by atoms with Gasteiger partial charge < -0.3 is 18.6 Å². The number of hydrogen-bond acceptors (Lipinski definition) is 7. The normalized spacial score (nSPS) is 13.7. The van der Waals surface area contributed by atoms with Gasteiger partial charge in [0.15, 0.2) is 27.5 Å². The minimum absolute atomic E-state index is 0.167. The largest absolute Gasteiger partial charge is 0.486 e. The number of carbonyl (C=O) groups excluding carboxylic acids is 1. The number of benzene rings is 1. The molecular formula is C21H20N6O5S. The second kappa shape index (κ2) is 7.89. The SMILES string of the molecule is C=CCn1c(=NC(=O)Cn2cnc3c2c(=O)n(C)c(=O)n3C)sc2cc3c(cc21)OCCO3. The van der Waals surface area contributed by atoms with E-state index in [2.05, 4.69) is 16.6 Å². The highest BCUT2D eigenvalue weighted by Crippen LogP contribution is 2.35. The first-order chi connectivity index (χ1) is 15.9. The first-order valence-corrected chi connectivity index (χ1v) is 10.9. The highest BCUT2D eigenvalue weighted by atomic mass is 32.1.